The molecule has 2 N–H and O–H groups in total. The van der Waals surface area contributed by atoms with Crippen molar-refractivity contribution in [3.63, 3.8) is 0 Å². The summed E-state index contributed by atoms with van der Waals surface area (Å²) in [6.07, 6.45) is 2.50. The van der Waals surface area contributed by atoms with Gasteiger partial charge in [0.05, 0.1) is 11.8 Å². The van der Waals surface area contributed by atoms with Gasteiger partial charge in [-0.25, -0.2) is 0 Å². The average Bonchev–Trinajstić information content (AvgIpc) is 3.04. The second-order valence-electron chi connectivity index (χ2n) is 6.91. The van der Waals surface area contributed by atoms with Crippen LogP contribution in [0.1, 0.15) is 30.9 Å². The van der Waals surface area contributed by atoms with E-state index in [0.29, 0.717) is 35.1 Å². The number of thioether (sulfide) groups is 1. The zero-order valence-electron chi connectivity index (χ0n) is 16.4. The fraction of sp³-hybridized carbons (Fsp3) is 0.304. The number of benzene rings is 2. The van der Waals surface area contributed by atoms with E-state index in [9.17, 15) is 9.90 Å². The predicted molar refractivity (Wildman–Crippen MR) is 122 cm³/mol. The van der Waals surface area contributed by atoms with Gasteiger partial charge in [-0.1, -0.05) is 79.2 Å². The number of aliphatic hydroxyl groups is 1. The lowest BCUT2D eigenvalue weighted by Crippen LogP contribution is -2.28. The van der Waals surface area contributed by atoms with Gasteiger partial charge in [0.25, 0.3) is 5.91 Å². The van der Waals surface area contributed by atoms with Crippen LogP contribution in [0.4, 0.5) is 0 Å². The highest BCUT2D eigenvalue weighted by molar-refractivity contribution is 8.15. The summed E-state index contributed by atoms with van der Waals surface area (Å²) in [6, 6.07) is 17.4. The molecule has 1 unspecified atom stereocenters. The quantitative estimate of drug-likeness (QED) is 0.559. The van der Waals surface area contributed by atoms with Crippen LogP contribution in [-0.2, 0) is 17.8 Å². The maximum absolute atomic E-state index is 12.8. The minimum absolute atomic E-state index is 0.103. The number of carbonyl (C=O) groups excluding carboxylic acids is 1. The van der Waals surface area contributed by atoms with Gasteiger partial charge in [-0.3, -0.25) is 9.79 Å². The maximum atomic E-state index is 12.8. The van der Waals surface area contributed by atoms with Crippen LogP contribution >= 0.6 is 23.4 Å². The van der Waals surface area contributed by atoms with Gasteiger partial charge < -0.3 is 10.4 Å². The standard InChI is InChI=1S/C23H25ClN2O2S/c1-2-3-13-25-22(28)20-21(27)19(14-16-9-11-18(24)12-10-16)29-23(20)26-15-17-7-5-4-6-8-17/h4-12,19,27H,2-3,13-15H2,1H3,(H,25,28). The summed E-state index contributed by atoms with van der Waals surface area (Å²) in [5, 5.41) is 14.8. The third-order valence-electron chi connectivity index (χ3n) is 4.65. The zero-order chi connectivity index (χ0) is 20.6. The first-order chi connectivity index (χ1) is 14.1. The van der Waals surface area contributed by atoms with Crippen molar-refractivity contribution in [1.29, 1.82) is 0 Å². The molecule has 29 heavy (non-hydrogen) atoms. The SMILES string of the molecule is CCCCNC(=O)C1=C(O)C(Cc2ccc(Cl)cc2)SC1=NCc1ccccc1. The van der Waals surface area contributed by atoms with Crippen LogP contribution in [0.3, 0.4) is 0 Å². The summed E-state index contributed by atoms with van der Waals surface area (Å²) < 4.78 is 0. The fourth-order valence-corrected chi connectivity index (χ4v) is 4.39. The van der Waals surface area contributed by atoms with E-state index in [1.807, 2.05) is 54.6 Å². The highest BCUT2D eigenvalue weighted by Crippen LogP contribution is 2.36. The van der Waals surface area contributed by atoms with Gasteiger partial charge in [-0.05, 0) is 36.1 Å². The molecule has 2 aromatic carbocycles. The topological polar surface area (TPSA) is 61.7 Å². The average molecular weight is 429 g/mol. The number of hydrogen-bond acceptors (Lipinski definition) is 4. The molecule has 0 fully saturated rings. The number of unbranched alkanes of at least 4 members (excludes halogenated alkanes) is 1. The number of hydrogen-bond donors (Lipinski definition) is 2. The second-order valence-corrected chi connectivity index (χ2v) is 8.54. The van der Waals surface area contributed by atoms with Crippen molar-refractivity contribution in [1.82, 2.24) is 5.32 Å². The summed E-state index contributed by atoms with van der Waals surface area (Å²) in [5.41, 5.74) is 2.42. The lowest BCUT2D eigenvalue weighted by molar-refractivity contribution is -0.117. The van der Waals surface area contributed by atoms with E-state index < -0.39 is 0 Å². The van der Waals surface area contributed by atoms with Crippen LogP contribution in [0.15, 0.2) is 70.9 Å². The van der Waals surface area contributed by atoms with E-state index in [1.54, 1.807) is 0 Å². The molecule has 0 spiro atoms. The summed E-state index contributed by atoms with van der Waals surface area (Å²) in [5.74, 6) is -0.153. The van der Waals surface area contributed by atoms with Gasteiger partial charge in [0.2, 0.25) is 0 Å². The molecule has 1 heterocycles. The Balaban J connectivity index is 1.81. The molecular weight excluding hydrogens is 404 g/mol. The molecule has 152 valence electrons. The van der Waals surface area contributed by atoms with Gasteiger partial charge >= 0.3 is 0 Å². The first-order valence-electron chi connectivity index (χ1n) is 9.79. The number of nitrogens with zero attached hydrogens (tertiary/aromatic N) is 1. The minimum atomic E-state index is -0.256. The summed E-state index contributed by atoms with van der Waals surface area (Å²) >= 11 is 7.41. The molecule has 3 rings (SSSR count). The van der Waals surface area contributed by atoms with Crippen molar-refractivity contribution in [2.45, 2.75) is 38.0 Å². The molecule has 0 saturated heterocycles. The zero-order valence-corrected chi connectivity index (χ0v) is 18.0. The molecule has 1 atom stereocenters. The molecule has 1 amide bonds. The van der Waals surface area contributed by atoms with Crippen molar-refractivity contribution in [3.05, 3.63) is 82.1 Å². The summed E-state index contributed by atoms with van der Waals surface area (Å²) in [4.78, 5) is 17.4. The van der Waals surface area contributed by atoms with E-state index in [0.717, 1.165) is 24.0 Å². The minimum Gasteiger partial charge on any atom is -0.510 e. The van der Waals surface area contributed by atoms with Crippen LogP contribution < -0.4 is 5.32 Å². The fourth-order valence-electron chi connectivity index (χ4n) is 3.04. The molecule has 0 bridgehead atoms. The van der Waals surface area contributed by atoms with Gasteiger partial charge in [0.1, 0.15) is 16.4 Å². The van der Waals surface area contributed by atoms with Crippen LogP contribution in [0.2, 0.25) is 5.02 Å². The predicted octanol–water partition coefficient (Wildman–Crippen LogP) is 5.33. The molecule has 0 aliphatic carbocycles. The Labute approximate surface area is 181 Å². The van der Waals surface area contributed by atoms with E-state index in [-0.39, 0.29) is 16.9 Å². The Morgan fingerprint density at radius 3 is 2.55 bits per heavy atom. The van der Waals surface area contributed by atoms with Gasteiger partial charge in [-0.2, -0.15) is 0 Å². The number of rotatable bonds is 8. The van der Waals surface area contributed by atoms with Crippen molar-refractivity contribution >= 4 is 34.3 Å². The molecule has 0 saturated carbocycles. The third kappa shape index (κ3) is 5.87. The number of nitrogens with one attached hydrogen (secondary N) is 1. The molecule has 0 aromatic heterocycles. The van der Waals surface area contributed by atoms with Crippen molar-refractivity contribution < 1.29 is 9.90 Å². The largest absolute Gasteiger partial charge is 0.510 e. The van der Waals surface area contributed by atoms with Crippen molar-refractivity contribution in [3.8, 4) is 0 Å². The van der Waals surface area contributed by atoms with Crippen LogP contribution in [0.25, 0.3) is 0 Å². The smallest absolute Gasteiger partial charge is 0.257 e. The monoisotopic (exact) mass is 428 g/mol. The van der Waals surface area contributed by atoms with Crippen LogP contribution in [-0.4, -0.2) is 27.9 Å². The number of halogens is 1. The van der Waals surface area contributed by atoms with Gasteiger partial charge in [-0.15, -0.1) is 0 Å². The van der Waals surface area contributed by atoms with Crippen molar-refractivity contribution in [2.75, 3.05) is 6.54 Å². The number of amides is 1. The molecule has 1 aliphatic rings. The Morgan fingerprint density at radius 2 is 1.86 bits per heavy atom. The molecule has 1 aliphatic heterocycles. The molecule has 2 aromatic rings. The number of aliphatic hydroxyl groups excluding tert-OH is 1. The Hall–Kier alpha value is -2.24. The van der Waals surface area contributed by atoms with E-state index in [1.165, 1.54) is 11.8 Å². The van der Waals surface area contributed by atoms with Crippen LogP contribution in [0, 0.1) is 0 Å². The molecule has 0 radical (unpaired) electrons. The molecule has 4 nitrogen and oxygen atoms in total. The van der Waals surface area contributed by atoms with Crippen LogP contribution in [0.5, 0.6) is 0 Å². The Kier molecular flexibility index (Phi) is 7.78. The van der Waals surface area contributed by atoms with E-state index in [2.05, 4.69) is 17.2 Å². The highest BCUT2D eigenvalue weighted by atomic mass is 35.5. The molecular formula is C23H25ClN2O2S. The number of carbonyl (C=O) groups is 1. The van der Waals surface area contributed by atoms with E-state index in [4.69, 9.17) is 11.6 Å². The normalized spacial score (nSPS) is 17.7. The lowest BCUT2D eigenvalue weighted by atomic mass is 10.1. The third-order valence-corrected chi connectivity index (χ3v) is 6.14. The first kappa shape index (κ1) is 21.5. The summed E-state index contributed by atoms with van der Waals surface area (Å²) in [6.45, 7) is 3.13. The van der Waals surface area contributed by atoms with E-state index >= 15 is 0 Å². The van der Waals surface area contributed by atoms with Gasteiger partial charge in [0.15, 0.2) is 0 Å². The van der Waals surface area contributed by atoms with Crippen molar-refractivity contribution in [2.24, 2.45) is 4.99 Å². The first-order valence-corrected chi connectivity index (χ1v) is 11.1. The molecule has 6 heteroatoms. The number of aliphatic imine (C=N–C) groups is 1. The lowest BCUT2D eigenvalue weighted by Gasteiger charge is -2.09. The highest BCUT2D eigenvalue weighted by Gasteiger charge is 2.35. The van der Waals surface area contributed by atoms with Gasteiger partial charge in [0, 0.05) is 11.6 Å². The second kappa shape index (κ2) is 10.5. The summed E-state index contributed by atoms with van der Waals surface area (Å²) in [7, 11) is 0. The maximum Gasteiger partial charge on any atom is 0.257 e. The Bertz CT molecular complexity index is 895. The Morgan fingerprint density at radius 1 is 1.14 bits per heavy atom.